The van der Waals surface area contributed by atoms with Gasteiger partial charge < -0.3 is 14.2 Å². The molecule has 1 unspecified atom stereocenters. The summed E-state index contributed by atoms with van der Waals surface area (Å²) in [5.41, 5.74) is 0.322. The van der Waals surface area contributed by atoms with Crippen LogP contribution in [0.4, 0.5) is 13.2 Å². The van der Waals surface area contributed by atoms with Crippen LogP contribution in [0.5, 0.6) is 5.75 Å². The van der Waals surface area contributed by atoms with E-state index >= 15 is 0 Å². The molecule has 0 N–H and O–H groups in total. The van der Waals surface area contributed by atoms with E-state index in [0.717, 1.165) is 17.7 Å². The number of carbonyl (C=O) groups excluding carboxylic acids is 1. The van der Waals surface area contributed by atoms with Crippen molar-refractivity contribution in [2.24, 2.45) is 0 Å². The Kier molecular flexibility index (Phi) is 5.19. The molecule has 3 aromatic rings. The van der Waals surface area contributed by atoms with Crippen LogP contribution in [0.15, 0.2) is 53.1 Å². The predicted molar refractivity (Wildman–Crippen MR) is 100 cm³/mol. The van der Waals surface area contributed by atoms with Gasteiger partial charge in [-0.15, -0.1) is 0 Å². The maximum Gasteiger partial charge on any atom is 0.416 e. The lowest BCUT2D eigenvalue weighted by Crippen LogP contribution is -2.27. The molecule has 1 aliphatic heterocycles. The Balaban J connectivity index is 1.56. The van der Waals surface area contributed by atoms with Crippen molar-refractivity contribution >= 4 is 5.91 Å². The van der Waals surface area contributed by atoms with Crippen LogP contribution in [-0.2, 0) is 17.5 Å². The van der Waals surface area contributed by atoms with Crippen molar-refractivity contribution < 1.29 is 27.2 Å². The quantitative estimate of drug-likeness (QED) is 0.606. The van der Waals surface area contributed by atoms with Crippen LogP contribution in [0.3, 0.4) is 0 Å². The molecule has 0 radical (unpaired) electrons. The number of hydrogen-bond donors (Lipinski definition) is 0. The third-order valence-corrected chi connectivity index (χ3v) is 5.02. The molecule has 0 spiro atoms. The third-order valence-electron chi connectivity index (χ3n) is 5.02. The number of aromatic nitrogens is 2. The van der Waals surface area contributed by atoms with Gasteiger partial charge in [0.2, 0.25) is 17.6 Å². The fourth-order valence-corrected chi connectivity index (χ4v) is 3.44. The molecule has 0 bridgehead atoms. The summed E-state index contributed by atoms with van der Waals surface area (Å²) in [5.74, 6) is 0.932. The SMILES string of the molecule is COc1ccc(CN2C(=O)CCC2c2nc(-c3cccc(C(F)(F)F)c3)no2)cc1. The lowest BCUT2D eigenvalue weighted by atomic mass is 10.1. The highest BCUT2D eigenvalue weighted by Gasteiger charge is 2.36. The number of hydrogen-bond acceptors (Lipinski definition) is 5. The average Bonchev–Trinajstić information content (AvgIpc) is 3.35. The van der Waals surface area contributed by atoms with Gasteiger partial charge in [-0.3, -0.25) is 4.79 Å². The Morgan fingerprint density at radius 1 is 1.20 bits per heavy atom. The van der Waals surface area contributed by atoms with Gasteiger partial charge in [0.1, 0.15) is 11.8 Å². The molecular weight excluding hydrogens is 399 g/mol. The number of methoxy groups -OCH3 is 1. The second-order valence-electron chi connectivity index (χ2n) is 6.96. The van der Waals surface area contributed by atoms with Crippen molar-refractivity contribution in [1.29, 1.82) is 0 Å². The molecule has 1 saturated heterocycles. The van der Waals surface area contributed by atoms with Gasteiger partial charge in [-0.2, -0.15) is 18.2 Å². The molecule has 30 heavy (non-hydrogen) atoms. The van der Waals surface area contributed by atoms with E-state index in [-0.39, 0.29) is 23.2 Å². The monoisotopic (exact) mass is 417 g/mol. The van der Waals surface area contributed by atoms with Gasteiger partial charge in [0.05, 0.1) is 12.7 Å². The largest absolute Gasteiger partial charge is 0.497 e. The first-order chi connectivity index (χ1) is 14.3. The molecular formula is C21H18F3N3O3. The maximum absolute atomic E-state index is 13.0. The van der Waals surface area contributed by atoms with Crippen molar-refractivity contribution in [2.75, 3.05) is 7.11 Å². The van der Waals surface area contributed by atoms with E-state index in [9.17, 15) is 18.0 Å². The molecule has 9 heteroatoms. The number of amides is 1. The number of likely N-dealkylation sites (tertiary alicyclic amines) is 1. The summed E-state index contributed by atoms with van der Waals surface area (Å²) in [7, 11) is 1.58. The summed E-state index contributed by atoms with van der Waals surface area (Å²) < 4.78 is 49.4. The first kappa shape index (κ1) is 19.9. The van der Waals surface area contributed by atoms with E-state index in [0.29, 0.717) is 25.1 Å². The molecule has 2 heterocycles. The molecule has 0 saturated carbocycles. The number of nitrogens with zero attached hydrogens (tertiary/aromatic N) is 3. The zero-order chi connectivity index (χ0) is 21.3. The second-order valence-corrected chi connectivity index (χ2v) is 6.96. The van der Waals surface area contributed by atoms with Crippen LogP contribution < -0.4 is 4.74 Å². The van der Waals surface area contributed by atoms with Crippen molar-refractivity contribution in [3.63, 3.8) is 0 Å². The summed E-state index contributed by atoms with van der Waals surface area (Å²) in [5, 5.41) is 3.84. The van der Waals surface area contributed by atoms with Gasteiger partial charge in [-0.05, 0) is 36.2 Å². The minimum atomic E-state index is -4.46. The maximum atomic E-state index is 13.0. The Morgan fingerprint density at radius 3 is 2.67 bits per heavy atom. The van der Waals surface area contributed by atoms with E-state index in [1.807, 2.05) is 24.3 Å². The first-order valence-electron chi connectivity index (χ1n) is 9.29. The molecule has 2 aromatic carbocycles. The minimum Gasteiger partial charge on any atom is -0.497 e. The normalized spacial score (nSPS) is 16.9. The van der Waals surface area contributed by atoms with Gasteiger partial charge in [-0.25, -0.2) is 0 Å². The Morgan fingerprint density at radius 2 is 1.97 bits per heavy atom. The third kappa shape index (κ3) is 4.00. The summed E-state index contributed by atoms with van der Waals surface area (Å²) >= 11 is 0. The van der Waals surface area contributed by atoms with Crippen molar-refractivity contribution in [3.05, 3.63) is 65.5 Å². The molecule has 1 aromatic heterocycles. The number of alkyl halides is 3. The zero-order valence-electron chi connectivity index (χ0n) is 16.0. The van der Waals surface area contributed by atoms with E-state index in [1.165, 1.54) is 12.1 Å². The number of halogens is 3. The molecule has 4 rings (SSSR count). The highest BCUT2D eigenvalue weighted by atomic mass is 19.4. The number of ether oxygens (including phenoxy) is 1. The first-order valence-corrected chi connectivity index (χ1v) is 9.29. The summed E-state index contributed by atoms with van der Waals surface area (Å²) in [6.07, 6.45) is -3.63. The molecule has 6 nitrogen and oxygen atoms in total. The molecule has 1 aliphatic rings. The molecule has 1 amide bonds. The average molecular weight is 417 g/mol. The van der Waals surface area contributed by atoms with E-state index in [4.69, 9.17) is 9.26 Å². The van der Waals surface area contributed by atoms with Crippen molar-refractivity contribution in [3.8, 4) is 17.1 Å². The van der Waals surface area contributed by atoms with Crippen LogP contribution in [0.25, 0.3) is 11.4 Å². The van der Waals surface area contributed by atoms with Crippen molar-refractivity contribution in [1.82, 2.24) is 15.0 Å². The Labute approximate surface area is 170 Å². The van der Waals surface area contributed by atoms with Crippen LogP contribution in [-0.4, -0.2) is 28.1 Å². The van der Waals surface area contributed by atoms with Crippen LogP contribution in [0, 0.1) is 0 Å². The van der Waals surface area contributed by atoms with Gasteiger partial charge in [-0.1, -0.05) is 29.4 Å². The predicted octanol–water partition coefficient (Wildman–Crippen LogP) is 4.63. The molecule has 1 fully saturated rings. The number of rotatable bonds is 5. The minimum absolute atomic E-state index is 0.0466. The zero-order valence-corrected chi connectivity index (χ0v) is 16.0. The second kappa shape index (κ2) is 7.81. The molecule has 1 atom stereocenters. The number of benzene rings is 2. The number of carbonyl (C=O) groups is 1. The van der Waals surface area contributed by atoms with Gasteiger partial charge in [0.15, 0.2) is 0 Å². The van der Waals surface area contributed by atoms with Crippen LogP contribution in [0.2, 0.25) is 0 Å². The Hall–Kier alpha value is -3.36. The fraction of sp³-hybridized carbons (Fsp3) is 0.286. The Bertz CT molecular complexity index is 1050. The lowest BCUT2D eigenvalue weighted by molar-refractivity contribution is -0.137. The highest BCUT2D eigenvalue weighted by Crippen LogP contribution is 2.35. The van der Waals surface area contributed by atoms with Crippen LogP contribution in [0.1, 0.15) is 35.9 Å². The fourth-order valence-electron chi connectivity index (χ4n) is 3.44. The topological polar surface area (TPSA) is 68.5 Å². The van der Waals surface area contributed by atoms with Gasteiger partial charge in [0, 0.05) is 18.5 Å². The molecule has 0 aliphatic carbocycles. The summed E-state index contributed by atoms with van der Waals surface area (Å²) in [4.78, 5) is 18.3. The van der Waals surface area contributed by atoms with Crippen LogP contribution >= 0.6 is 0 Å². The highest BCUT2D eigenvalue weighted by molar-refractivity contribution is 5.78. The summed E-state index contributed by atoms with van der Waals surface area (Å²) in [6, 6.07) is 11.7. The van der Waals surface area contributed by atoms with E-state index in [1.54, 1.807) is 12.0 Å². The van der Waals surface area contributed by atoms with E-state index in [2.05, 4.69) is 10.1 Å². The van der Waals surface area contributed by atoms with E-state index < -0.39 is 17.8 Å². The smallest absolute Gasteiger partial charge is 0.416 e. The van der Waals surface area contributed by atoms with Gasteiger partial charge in [0.25, 0.3) is 0 Å². The van der Waals surface area contributed by atoms with Crippen molar-refractivity contribution in [2.45, 2.75) is 31.6 Å². The van der Waals surface area contributed by atoms with Gasteiger partial charge >= 0.3 is 6.18 Å². The summed E-state index contributed by atoms with van der Waals surface area (Å²) in [6.45, 7) is 0.356. The standard InChI is InChI=1S/C21H18F3N3O3/c1-29-16-7-5-13(6-8-16)12-27-17(9-10-18(27)28)20-25-19(26-30-20)14-3-2-4-15(11-14)21(22,23)24/h2-8,11,17H,9-10,12H2,1H3. The molecule has 156 valence electrons. The lowest BCUT2D eigenvalue weighted by Gasteiger charge is -2.22.